The number of hydrogen-bond acceptors (Lipinski definition) is 7. The molecule has 8 aromatic rings. The Morgan fingerprint density at radius 2 is 1.26 bits per heavy atom. The van der Waals surface area contributed by atoms with Crippen LogP contribution >= 0.6 is 11.3 Å². The highest BCUT2D eigenvalue weighted by molar-refractivity contribution is 7.92. The molecule has 7 nitrogen and oxygen atoms in total. The number of halogens is 1. The average Bonchev–Trinajstić information content (AvgIpc) is 3.83. The van der Waals surface area contributed by atoms with Crippen molar-refractivity contribution < 1.29 is 12.8 Å². The molecule has 0 radical (unpaired) electrons. The lowest BCUT2D eigenvalue weighted by molar-refractivity contribution is 0.461. The Morgan fingerprint density at radius 3 is 1.82 bits per heavy atom. The summed E-state index contributed by atoms with van der Waals surface area (Å²) in [6.45, 7) is 0. The summed E-state index contributed by atoms with van der Waals surface area (Å²) in [6.07, 6.45) is 6.02. The van der Waals surface area contributed by atoms with Crippen LogP contribution in [0.1, 0.15) is 16.7 Å². The molecule has 0 unspecified atom stereocenters. The van der Waals surface area contributed by atoms with Crippen LogP contribution in [0.15, 0.2) is 156 Å². The van der Waals surface area contributed by atoms with Gasteiger partial charge in [0.15, 0.2) is 9.84 Å². The summed E-state index contributed by atoms with van der Waals surface area (Å²) >= 11 is 1.07. The summed E-state index contributed by atoms with van der Waals surface area (Å²) in [4.78, 5) is 13.5. The van der Waals surface area contributed by atoms with E-state index in [2.05, 4.69) is 51.4 Å². The van der Waals surface area contributed by atoms with Gasteiger partial charge in [0.1, 0.15) is 38.3 Å². The minimum absolute atomic E-state index is 0.161. The second-order valence-electron chi connectivity index (χ2n) is 11.9. The van der Waals surface area contributed by atoms with Crippen molar-refractivity contribution in [2.75, 3.05) is 6.26 Å². The fraction of sp³-hybridized carbons (Fsp3) is 0.0500. The predicted molar refractivity (Wildman–Crippen MR) is 195 cm³/mol. The molecule has 10 heteroatoms. The topological polar surface area (TPSA) is 90.6 Å². The molecule has 0 atom stereocenters. The van der Waals surface area contributed by atoms with Gasteiger partial charge in [-0.15, -0.1) is 11.3 Å². The minimum atomic E-state index is -3.44. The summed E-state index contributed by atoms with van der Waals surface area (Å²) in [6, 6.07) is 43.0. The van der Waals surface area contributed by atoms with E-state index < -0.39 is 15.4 Å². The molecule has 0 saturated carbocycles. The van der Waals surface area contributed by atoms with Gasteiger partial charge in [0.25, 0.3) is 0 Å². The number of aromatic nitrogens is 5. The normalized spacial score (nSPS) is 12.0. The van der Waals surface area contributed by atoms with Gasteiger partial charge in [-0.3, -0.25) is 4.68 Å². The molecule has 0 fully saturated rings. The van der Waals surface area contributed by atoms with Gasteiger partial charge in [0.2, 0.25) is 0 Å². The second kappa shape index (κ2) is 12.6. The van der Waals surface area contributed by atoms with E-state index in [4.69, 9.17) is 5.10 Å². The first-order valence-electron chi connectivity index (χ1n) is 15.8. The molecule has 0 bridgehead atoms. The molecule has 3 aromatic heterocycles. The third-order valence-electron chi connectivity index (χ3n) is 8.75. The third kappa shape index (κ3) is 5.48. The second-order valence-corrected chi connectivity index (χ2v) is 15.1. The standard InChI is InChI=1S/C40H28FN5O2S2/c1-50(47,48)36-24-42-39(49-36)38-33-23-28(19-22-35(33)43-26-44-38)34-25-46(45-37(34)27-17-20-32(41)21-18-27)40(29-11-5-2-6-12-29,30-13-7-3-8-14-30)31-15-9-4-10-16-31/h2-26H,1H3. The van der Waals surface area contributed by atoms with Crippen molar-refractivity contribution in [3.05, 3.63) is 175 Å². The highest BCUT2D eigenvalue weighted by Gasteiger charge is 2.40. The Bertz CT molecular complexity index is 2480. The molecule has 244 valence electrons. The molecule has 0 saturated heterocycles. The Kier molecular flexibility index (Phi) is 7.89. The fourth-order valence-electron chi connectivity index (χ4n) is 6.45. The van der Waals surface area contributed by atoms with Crippen molar-refractivity contribution in [2.24, 2.45) is 0 Å². The van der Waals surface area contributed by atoms with E-state index in [1.165, 1.54) is 24.7 Å². The van der Waals surface area contributed by atoms with Gasteiger partial charge < -0.3 is 0 Å². The van der Waals surface area contributed by atoms with Crippen molar-refractivity contribution in [2.45, 2.75) is 9.75 Å². The maximum absolute atomic E-state index is 14.3. The van der Waals surface area contributed by atoms with Crippen LogP contribution in [0.5, 0.6) is 0 Å². The molecule has 0 N–H and O–H groups in total. The molecule has 0 aliphatic heterocycles. The molecular weight excluding hydrogens is 666 g/mol. The van der Waals surface area contributed by atoms with Crippen LogP contribution in [-0.2, 0) is 15.4 Å². The number of hydrogen-bond donors (Lipinski definition) is 0. The molecule has 0 aliphatic rings. The van der Waals surface area contributed by atoms with Gasteiger partial charge in [0, 0.05) is 29.0 Å². The number of nitrogens with zero attached hydrogens (tertiary/aromatic N) is 5. The number of fused-ring (bicyclic) bond motifs is 1. The molecule has 8 rings (SSSR count). The van der Waals surface area contributed by atoms with Crippen LogP contribution in [0.25, 0.3) is 44.0 Å². The minimum Gasteiger partial charge on any atom is -0.252 e. The number of rotatable bonds is 8. The Morgan fingerprint density at radius 1 is 0.680 bits per heavy atom. The van der Waals surface area contributed by atoms with Gasteiger partial charge in [-0.1, -0.05) is 97.1 Å². The van der Waals surface area contributed by atoms with Crippen molar-refractivity contribution >= 4 is 32.1 Å². The first-order valence-corrected chi connectivity index (χ1v) is 18.5. The highest BCUT2D eigenvalue weighted by Crippen LogP contribution is 2.44. The third-order valence-corrected chi connectivity index (χ3v) is 11.5. The van der Waals surface area contributed by atoms with Gasteiger partial charge in [-0.2, -0.15) is 5.10 Å². The SMILES string of the molecule is CS(=O)(=O)c1cnc(-c2ncnc3ccc(-c4cn(C(c5ccccc5)(c5ccccc5)c5ccccc5)nc4-c4ccc(F)cc4)cc23)s1. The first-order chi connectivity index (χ1) is 24.3. The first kappa shape index (κ1) is 31.4. The van der Waals surface area contributed by atoms with Crippen LogP contribution in [-0.4, -0.2) is 39.4 Å². The number of sulfone groups is 1. The number of thiazole rings is 1. The van der Waals surface area contributed by atoms with Crippen LogP contribution in [0.2, 0.25) is 0 Å². The number of benzene rings is 5. The summed E-state index contributed by atoms with van der Waals surface area (Å²) in [7, 11) is -3.44. The van der Waals surface area contributed by atoms with Crippen LogP contribution in [0, 0.1) is 5.82 Å². The van der Waals surface area contributed by atoms with Gasteiger partial charge in [-0.25, -0.2) is 27.8 Å². The van der Waals surface area contributed by atoms with E-state index in [0.29, 0.717) is 27.3 Å². The van der Waals surface area contributed by atoms with Gasteiger partial charge >= 0.3 is 0 Å². The van der Waals surface area contributed by atoms with Crippen molar-refractivity contribution in [1.29, 1.82) is 0 Å². The van der Waals surface area contributed by atoms with E-state index >= 15 is 0 Å². The van der Waals surface area contributed by atoms with Crippen LogP contribution in [0.3, 0.4) is 0 Å². The molecule has 50 heavy (non-hydrogen) atoms. The smallest absolute Gasteiger partial charge is 0.186 e. The lowest BCUT2D eigenvalue weighted by Gasteiger charge is -2.36. The largest absolute Gasteiger partial charge is 0.252 e. The zero-order valence-corrected chi connectivity index (χ0v) is 28.3. The lowest BCUT2D eigenvalue weighted by atomic mass is 9.77. The van der Waals surface area contributed by atoms with Crippen LogP contribution in [0.4, 0.5) is 4.39 Å². The molecular formula is C40H28FN5O2S2. The van der Waals surface area contributed by atoms with E-state index in [-0.39, 0.29) is 10.0 Å². The average molecular weight is 694 g/mol. The zero-order chi connectivity index (χ0) is 34.3. The maximum Gasteiger partial charge on any atom is 0.186 e. The summed E-state index contributed by atoms with van der Waals surface area (Å²) in [5.41, 5.74) is 6.38. The van der Waals surface area contributed by atoms with E-state index in [0.717, 1.165) is 51.0 Å². The summed E-state index contributed by atoms with van der Waals surface area (Å²) < 4.78 is 41.0. The fourth-order valence-corrected chi connectivity index (χ4v) is 8.19. The summed E-state index contributed by atoms with van der Waals surface area (Å²) in [5, 5.41) is 6.54. The monoisotopic (exact) mass is 693 g/mol. The molecule has 5 aromatic carbocycles. The molecule has 0 amide bonds. The van der Waals surface area contributed by atoms with Gasteiger partial charge in [-0.05, 0) is 58.7 Å². The lowest BCUT2D eigenvalue weighted by Crippen LogP contribution is -2.38. The van der Waals surface area contributed by atoms with E-state index in [1.54, 1.807) is 12.1 Å². The molecule has 0 spiro atoms. The Balaban J connectivity index is 1.42. The highest BCUT2D eigenvalue weighted by atomic mass is 32.2. The van der Waals surface area contributed by atoms with E-state index in [1.807, 2.05) is 83.7 Å². The zero-order valence-electron chi connectivity index (χ0n) is 26.7. The summed E-state index contributed by atoms with van der Waals surface area (Å²) in [5.74, 6) is -0.341. The molecule has 3 heterocycles. The van der Waals surface area contributed by atoms with Crippen molar-refractivity contribution in [1.82, 2.24) is 24.7 Å². The maximum atomic E-state index is 14.3. The quantitative estimate of drug-likeness (QED) is 0.148. The molecule has 0 aliphatic carbocycles. The predicted octanol–water partition coefficient (Wildman–Crippen LogP) is 8.67. The van der Waals surface area contributed by atoms with Gasteiger partial charge in [0.05, 0.1) is 11.7 Å². The van der Waals surface area contributed by atoms with Crippen LogP contribution < -0.4 is 0 Å². The van der Waals surface area contributed by atoms with Crippen molar-refractivity contribution in [3.8, 4) is 33.1 Å². The van der Waals surface area contributed by atoms with Crippen molar-refractivity contribution in [3.63, 3.8) is 0 Å². The Hall–Kier alpha value is -5.84. The Labute approximate surface area is 292 Å². The van der Waals surface area contributed by atoms with E-state index in [9.17, 15) is 12.8 Å².